The van der Waals surface area contributed by atoms with Gasteiger partial charge in [-0.3, -0.25) is 4.79 Å². The van der Waals surface area contributed by atoms with Crippen LogP contribution in [0.25, 0.3) is 0 Å². The molecule has 0 radical (unpaired) electrons. The molecule has 0 aliphatic carbocycles. The lowest BCUT2D eigenvalue weighted by Crippen LogP contribution is -2.47. The zero-order valence-corrected chi connectivity index (χ0v) is 16.0. The third-order valence-electron chi connectivity index (χ3n) is 3.96. The molecule has 4 N–H and O–H groups in total. The Bertz CT molecular complexity index is 497. The highest BCUT2D eigenvalue weighted by atomic mass is 16.3. The van der Waals surface area contributed by atoms with Gasteiger partial charge in [-0.1, -0.05) is 44.2 Å². The molecule has 0 aromatic heterocycles. The van der Waals surface area contributed by atoms with Crippen molar-refractivity contribution in [3.63, 3.8) is 0 Å². The van der Waals surface area contributed by atoms with E-state index in [0.717, 1.165) is 18.5 Å². The van der Waals surface area contributed by atoms with E-state index >= 15 is 0 Å². The summed E-state index contributed by atoms with van der Waals surface area (Å²) < 4.78 is 0. The van der Waals surface area contributed by atoms with Gasteiger partial charge < -0.3 is 20.8 Å². The lowest BCUT2D eigenvalue weighted by atomic mass is 9.92. The van der Waals surface area contributed by atoms with Crippen molar-refractivity contribution < 1.29 is 15.0 Å². The van der Waals surface area contributed by atoms with Gasteiger partial charge in [0, 0.05) is 12.5 Å². The summed E-state index contributed by atoms with van der Waals surface area (Å²) in [7, 11) is 0. The first-order valence-corrected chi connectivity index (χ1v) is 9.14. The predicted octanol–water partition coefficient (Wildman–Crippen LogP) is 2.08. The molecule has 1 rings (SSSR count). The van der Waals surface area contributed by atoms with Crippen LogP contribution >= 0.6 is 0 Å². The molecule has 0 unspecified atom stereocenters. The molecular formula is C20H34N2O3. The summed E-state index contributed by atoms with van der Waals surface area (Å²) in [6.45, 7) is 8.72. The minimum atomic E-state index is -1.27. The fourth-order valence-electron chi connectivity index (χ4n) is 2.66. The second kappa shape index (κ2) is 10.5. The molecular weight excluding hydrogens is 316 g/mol. The lowest BCUT2D eigenvalue weighted by Gasteiger charge is -2.25. The zero-order chi connectivity index (χ0) is 18.9. The van der Waals surface area contributed by atoms with Crippen molar-refractivity contribution in [1.29, 1.82) is 0 Å². The predicted molar refractivity (Wildman–Crippen MR) is 101 cm³/mol. The molecule has 0 bridgehead atoms. The molecule has 142 valence electrons. The highest BCUT2D eigenvalue weighted by molar-refractivity contribution is 5.79. The number of aliphatic hydroxyl groups is 2. The van der Waals surface area contributed by atoms with Crippen molar-refractivity contribution in [3.8, 4) is 0 Å². The van der Waals surface area contributed by atoms with Crippen LogP contribution in [0.5, 0.6) is 0 Å². The third-order valence-corrected chi connectivity index (χ3v) is 3.96. The standard InChI is InChI=1S/C20H34N2O3/c1-15(2)10-11-21-14-18(23)13-17(19(24)22-20(3,4)25)12-16-8-6-5-7-9-16/h5-9,15,17-18,21,23,25H,10-14H2,1-4H3,(H,22,24)/t17-,18+/m1/s1. The Labute approximate surface area is 151 Å². The smallest absolute Gasteiger partial charge is 0.225 e. The summed E-state index contributed by atoms with van der Waals surface area (Å²) in [4.78, 5) is 12.5. The van der Waals surface area contributed by atoms with Crippen LogP contribution in [-0.2, 0) is 11.2 Å². The molecule has 25 heavy (non-hydrogen) atoms. The second-order valence-electron chi connectivity index (χ2n) is 7.71. The van der Waals surface area contributed by atoms with E-state index in [-0.39, 0.29) is 5.91 Å². The fourth-order valence-corrected chi connectivity index (χ4v) is 2.66. The number of amides is 1. The third kappa shape index (κ3) is 10.2. The normalized spacial score (nSPS) is 14.4. The Morgan fingerprint density at radius 3 is 2.40 bits per heavy atom. The van der Waals surface area contributed by atoms with E-state index in [1.54, 1.807) is 0 Å². The van der Waals surface area contributed by atoms with Gasteiger partial charge in [-0.25, -0.2) is 0 Å². The number of aliphatic hydroxyl groups excluding tert-OH is 1. The lowest BCUT2D eigenvalue weighted by molar-refractivity contribution is -0.132. The molecule has 0 heterocycles. The number of hydrogen-bond acceptors (Lipinski definition) is 4. The van der Waals surface area contributed by atoms with Gasteiger partial charge in [-0.05, 0) is 51.1 Å². The SMILES string of the molecule is CC(C)CCNC[C@@H](O)C[C@@H](Cc1ccccc1)C(=O)NC(C)(C)O. The number of carbonyl (C=O) groups excluding carboxylic acids is 1. The Morgan fingerprint density at radius 1 is 1.20 bits per heavy atom. The maximum Gasteiger partial charge on any atom is 0.225 e. The van der Waals surface area contributed by atoms with Crippen LogP contribution < -0.4 is 10.6 Å². The molecule has 0 spiro atoms. The monoisotopic (exact) mass is 350 g/mol. The van der Waals surface area contributed by atoms with E-state index in [9.17, 15) is 15.0 Å². The quantitative estimate of drug-likeness (QED) is 0.364. The molecule has 5 heteroatoms. The van der Waals surface area contributed by atoms with E-state index in [1.807, 2.05) is 30.3 Å². The van der Waals surface area contributed by atoms with Gasteiger partial charge in [0.2, 0.25) is 5.91 Å². The first kappa shape index (κ1) is 21.6. The summed E-state index contributed by atoms with van der Waals surface area (Å²) in [5, 5.41) is 26.0. The number of carbonyl (C=O) groups is 1. The van der Waals surface area contributed by atoms with E-state index in [1.165, 1.54) is 13.8 Å². The molecule has 0 aliphatic rings. The Balaban J connectivity index is 2.62. The Morgan fingerprint density at radius 2 is 1.84 bits per heavy atom. The molecule has 1 amide bonds. The average Bonchev–Trinajstić information content (AvgIpc) is 2.50. The molecule has 1 aromatic carbocycles. The maximum absolute atomic E-state index is 12.5. The van der Waals surface area contributed by atoms with Crippen LogP contribution in [0.4, 0.5) is 0 Å². The Hall–Kier alpha value is -1.43. The van der Waals surface area contributed by atoms with Crippen LogP contribution in [0.2, 0.25) is 0 Å². The van der Waals surface area contributed by atoms with Gasteiger partial charge >= 0.3 is 0 Å². The molecule has 5 nitrogen and oxygen atoms in total. The van der Waals surface area contributed by atoms with Gasteiger partial charge in [0.15, 0.2) is 0 Å². The van der Waals surface area contributed by atoms with Crippen LogP contribution in [-0.4, -0.2) is 41.0 Å². The number of hydrogen-bond donors (Lipinski definition) is 4. The van der Waals surface area contributed by atoms with Gasteiger partial charge in [0.25, 0.3) is 0 Å². The largest absolute Gasteiger partial charge is 0.392 e. The summed E-state index contributed by atoms with van der Waals surface area (Å²) in [5.41, 5.74) is -0.231. The summed E-state index contributed by atoms with van der Waals surface area (Å²) >= 11 is 0. The van der Waals surface area contributed by atoms with Crippen LogP contribution in [0.3, 0.4) is 0 Å². The topological polar surface area (TPSA) is 81.6 Å². The molecule has 0 aliphatic heterocycles. The van der Waals surface area contributed by atoms with Gasteiger partial charge in [0.1, 0.15) is 5.72 Å². The number of nitrogens with one attached hydrogen (secondary N) is 2. The second-order valence-corrected chi connectivity index (χ2v) is 7.71. The van der Waals surface area contributed by atoms with Crippen molar-refractivity contribution in [2.24, 2.45) is 11.8 Å². The van der Waals surface area contributed by atoms with E-state index in [4.69, 9.17) is 0 Å². The maximum atomic E-state index is 12.5. The fraction of sp³-hybridized carbons (Fsp3) is 0.650. The van der Waals surface area contributed by atoms with Crippen LogP contribution in [0.15, 0.2) is 30.3 Å². The molecule has 0 saturated heterocycles. The van der Waals surface area contributed by atoms with Crippen molar-refractivity contribution in [3.05, 3.63) is 35.9 Å². The highest BCUT2D eigenvalue weighted by Gasteiger charge is 2.26. The number of rotatable bonds is 11. The minimum absolute atomic E-state index is 0.238. The molecule has 2 atom stereocenters. The minimum Gasteiger partial charge on any atom is -0.392 e. The van der Waals surface area contributed by atoms with Crippen molar-refractivity contribution in [2.75, 3.05) is 13.1 Å². The molecule has 0 saturated carbocycles. The summed E-state index contributed by atoms with van der Waals surface area (Å²) in [6, 6.07) is 9.74. The van der Waals surface area contributed by atoms with E-state index in [2.05, 4.69) is 24.5 Å². The first-order valence-electron chi connectivity index (χ1n) is 9.14. The average molecular weight is 351 g/mol. The molecule has 1 aromatic rings. The van der Waals surface area contributed by atoms with Gasteiger partial charge in [-0.15, -0.1) is 0 Å². The van der Waals surface area contributed by atoms with Gasteiger partial charge in [0.05, 0.1) is 6.10 Å². The van der Waals surface area contributed by atoms with Crippen molar-refractivity contribution >= 4 is 5.91 Å². The molecule has 0 fully saturated rings. The number of benzene rings is 1. The van der Waals surface area contributed by atoms with Crippen molar-refractivity contribution in [1.82, 2.24) is 10.6 Å². The first-order chi connectivity index (χ1) is 11.7. The van der Waals surface area contributed by atoms with Crippen molar-refractivity contribution in [2.45, 2.75) is 58.8 Å². The zero-order valence-electron chi connectivity index (χ0n) is 16.0. The van der Waals surface area contributed by atoms with Crippen LogP contribution in [0.1, 0.15) is 46.1 Å². The highest BCUT2D eigenvalue weighted by Crippen LogP contribution is 2.16. The van der Waals surface area contributed by atoms with E-state index in [0.29, 0.717) is 25.3 Å². The summed E-state index contributed by atoms with van der Waals surface area (Å²) in [6.07, 6.45) is 1.34. The summed E-state index contributed by atoms with van der Waals surface area (Å²) in [5.74, 6) is -0.0126. The Kier molecular flexibility index (Phi) is 9.11. The van der Waals surface area contributed by atoms with Crippen LogP contribution in [0, 0.1) is 11.8 Å². The van der Waals surface area contributed by atoms with Gasteiger partial charge in [-0.2, -0.15) is 0 Å². The van der Waals surface area contributed by atoms with E-state index < -0.39 is 17.7 Å².